The molecule has 16 heavy (non-hydrogen) atoms. The highest BCUT2D eigenvalue weighted by atomic mass is 19.1. The maximum absolute atomic E-state index is 12.9. The Labute approximate surface area is 93.3 Å². The quantitative estimate of drug-likeness (QED) is 0.815. The summed E-state index contributed by atoms with van der Waals surface area (Å²) in [5.74, 6) is -0.761. The molecule has 0 aromatic heterocycles. The molecule has 0 radical (unpaired) electrons. The minimum Gasteiger partial charge on any atom is -0.480 e. The summed E-state index contributed by atoms with van der Waals surface area (Å²) in [6.07, 6.45) is 1.35. The van der Waals surface area contributed by atoms with Crippen LogP contribution in [0.15, 0.2) is 24.3 Å². The Morgan fingerprint density at radius 1 is 1.56 bits per heavy atom. The van der Waals surface area contributed by atoms with E-state index < -0.39 is 12.0 Å². The minimum absolute atomic E-state index is 0.238. The molecule has 1 fully saturated rings. The maximum Gasteiger partial charge on any atom is 0.320 e. The SMILES string of the molecule is O=C(O)[C@H]1C[C@@H](Cc2cccc(F)c2)CN1. The summed E-state index contributed by atoms with van der Waals surface area (Å²) in [6, 6.07) is 6.03. The van der Waals surface area contributed by atoms with E-state index >= 15 is 0 Å². The normalized spacial score (nSPS) is 24.6. The van der Waals surface area contributed by atoms with E-state index in [1.807, 2.05) is 6.07 Å². The predicted molar refractivity (Wildman–Crippen MR) is 57.6 cm³/mol. The van der Waals surface area contributed by atoms with Crippen LogP contribution in [-0.2, 0) is 11.2 Å². The van der Waals surface area contributed by atoms with E-state index in [9.17, 15) is 9.18 Å². The van der Waals surface area contributed by atoms with Crippen LogP contribution in [-0.4, -0.2) is 23.7 Å². The lowest BCUT2D eigenvalue weighted by molar-refractivity contribution is -0.139. The van der Waals surface area contributed by atoms with Crippen LogP contribution in [0, 0.1) is 11.7 Å². The Morgan fingerprint density at radius 2 is 2.38 bits per heavy atom. The fourth-order valence-electron chi connectivity index (χ4n) is 2.15. The van der Waals surface area contributed by atoms with Gasteiger partial charge in [-0.3, -0.25) is 4.79 Å². The standard InChI is InChI=1S/C12H14FNO2/c13-10-3-1-2-8(5-10)4-9-6-11(12(15)16)14-7-9/h1-3,5,9,11,14H,4,6-7H2,(H,15,16)/t9-,11-/m1/s1. The van der Waals surface area contributed by atoms with E-state index in [0.29, 0.717) is 13.0 Å². The molecule has 1 aliphatic rings. The third-order valence-electron chi connectivity index (χ3n) is 2.93. The van der Waals surface area contributed by atoms with E-state index in [4.69, 9.17) is 5.11 Å². The fourth-order valence-corrected chi connectivity index (χ4v) is 2.15. The highest BCUT2D eigenvalue weighted by Crippen LogP contribution is 2.19. The maximum atomic E-state index is 12.9. The molecule has 1 aromatic rings. The third kappa shape index (κ3) is 2.58. The van der Waals surface area contributed by atoms with Crippen LogP contribution in [0.25, 0.3) is 0 Å². The van der Waals surface area contributed by atoms with Crippen molar-refractivity contribution in [3.8, 4) is 0 Å². The van der Waals surface area contributed by atoms with Crippen LogP contribution in [0.3, 0.4) is 0 Å². The topological polar surface area (TPSA) is 49.3 Å². The lowest BCUT2D eigenvalue weighted by Crippen LogP contribution is -2.29. The summed E-state index contributed by atoms with van der Waals surface area (Å²) in [5.41, 5.74) is 0.929. The molecular weight excluding hydrogens is 209 g/mol. The van der Waals surface area contributed by atoms with E-state index in [1.54, 1.807) is 6.07 Å². The van der Waals surface area contributed by atoms with Crippen molar-refractivity contribution in [2.24, 2.45) is 5.92 Å². The Balaban J connectivity index is 1.94. The number of aliphatic carboxylic acids is 1. The first-order chi connectivity index (χ1) is 7.65. The van der Waals surface area contributed by atoms with Crippen molar-refractivity contribution in [3.05, 3.63) is 35.6 Å². The molecule has 86 valence electrons. The van der Waals surface area contributed by atoms with Gasteiger partial charge in [0.05, 0.1) is 0 Å². The number of hydrogen-bond acceptors (Lipinski definition) is 2. The number of carboxylic acids is 1. The third-order valence-corrected chi connectivity index (χ3v) is 2.93. The van der Waals surface area contributed by atoms with Gasteiger partial charge in [0.1, 0.15) is 11.9 Å². The molecule has 2 rings (SSSR count). The number of benzene rings is 1. The van der Waals surface area contributed by atoms with Gasteiger partial charge < -0.3 is 10.4 Å². The van der Waals surface area contributed by atoms with Crippen molar-refractivity contribution in [1.82, 2.24) is 5.32 Å². The molecular formula is C12H14FNO2. The van der Waals surface area contributed by atoms with Gasteiger partial charge in [0.15, 0.2) is 0 Å². The molecule has 1 heterocycles. The van der Waals surface area contributed by atoms with Crippen molar-refractivity contribution < 1.29 is 14.3 Å². The molecule has 1 aliphatic heterocycles. The number of carbonyl (C=O) groups is 1. The van der Waals surface area contributed by atoms with Crippen LogP contribution >= 0.6 is 0 Å². The van der Waals surface area contributed by atoms with Gasteiger partial charge in [0, 0.05) is 0 Å². The van der Waals surface area contributed by atoms with Gasteiger partial charge >= 0.3 is 5.97 Å². The van der Waals surface area contributed by atoms with Crippen molar-refractivity contribution in [2.45, 2.75) is 18.9 Å². The van der Waals surface area contributed by atoms with Crippen LogP contribution in [0.4, 0.5) is 4.39 Å². The average Bonchev–Trinajstić information content (AvgIpc) is 2.66. The van der Waals surface area contributed by atoms with Gasteiger partial charge in [0.25, 0.3) is 0 Å². The molecule has 0 aliphatic carbocycles. The fraction of sp³-hybridized carbons (Fsp3) is 0.417. The molecule has 0 amide bonds. The smallest absolute Gasteiger partial charge is 0.320 e. The summed E-state index contributed by atoms with van der Waals surface area (Å²) >= 11 is 0. The Hall–Kier alpha value is -1.42. The van der Waals surface area contributed by atoms with Crippen LogP contribution in [0.2, 0.25) is 0 Å². The van der Waals surface area contributed by atoms with Crippen molar-refractivity contribution >= 4 is 5.97 Å². The minimum atomic E-state index is -0.804. The first-order valence-corrected chi connectivity index (χ1v) is 5.36. The molecule has 1 aromatic carbocycles. The van der Waals surface area contributed by atoms with E-state index in [0.717, 1.165) is 12.0 Å². The molecule has 0 unspecified atom stereocenters. The molecule has 2 atom stereocenters. The average molecular weight is 223 g/mol. The predicted octanol–water partition coefficient (Wildman–Crippen LogP) is 1.43. The first kappa shape index (κ1) is 11.1. The van der Waals surface area contributed by atoms with Crippen molar-refractivity contribution in [3.63, 3.8) is 0 Å². The number of carboxylic acid groups (broad SMARTS) is 1. The van der Waals surface area contributed by atoms with Crippen molar-refractivity contribution in [2.75, 3.05) is 6.54 Å². The second kappa shape index (κ2) is 4.61. The van der Waals surface area contributed by atoms with Crippen LogP contribution in [0.5, 0.6) is 0 Å². The zero-order chi connectivity index (χ0) is 11.5. The van der Waals surface area contributed by atoms with Crippen molar-refractivity contribution in [1.29, 1.82) is 0 Å². The number of halogens is 1. The molecule has 4 heteroatoms. The molecule has 0 bridgehead atoms. The van der Waals surface area contributed by atoms with Gasteiger partial charge in [0.2, 0.25) is 0 Å². The summed E-state index contributed by atoms with van der Waals surface area (Å²) in [6.45, 7) is 0.688. The second-order valence-corrected chi connectivity index (χ2v) is 4.23. The highest BCUT2D eigenvalue weighted by molar-refractivity contribution is 5.73. The van der Waals surface area contributed by atoms with E-state index in [2.05, 4.69) is 5.32 Å². The lowest BCUT2D eigenvalue weighted by Gasteiger charge is -2.08. The lowest BCUT2D eigenvalue weighted by atomic mass is 9.97. The van der Waals surface area contributed by atoms with E-state index in [-0.39, 0.29) is 11.7 Å². The Kier molecular flexibility index (Phi) is 3.19. The molecule has 0 spiro atoms. The highest BCUT2D eigenvalue weighted by Gasteiger charge is 2.28. The van der Waals surface area contributed by atoms with E-state index in [1.165, 1.54) is 12.1 Å². The number of rotatable bonds is 3. The van der Waals surface area contributed by atoms with Gasteiger partial charge in [-0.25, -0.2) is 4.39 Å². The zero-order valence-electron chi connectivity index (χ0n) is 8.82. The molecule has 1 saturated heterocycles. The van der Waals surface area contributed by atoms with Gasteiger partial charge in [-0.05, 0) is 43.0 Å². The van der Waals surface area contributed by atoms with Crippen LogP contribution < -0.4 is 5.32 Å². The zero-order valence-corrected chi connectivity index (χ0v) is 8.82. The Bertz CT molecular complexity index is 394. The Morgan fingerprint density at radius 3 is 3.00 bits per heavy atom. The monoisotopic (exact) mass is 223 g/mol. The van der Waals surface area contributed by atoms with Crippen LogP contribution in [0.1, 0.15) is 12.0 Å². The number of nitrogens with one attached hydrogen (secondary N) is 1. The van der Waals surface area contributed by atoms with Gasteiger partial charge in [-0.15, -0.1) is 0 Å². The summed E-state index contributed by atoms with van der Waals surface area (Å²) in [4.78, 5) is 10.7. The van der Waals surface area contributed by atoms with Gasteiger partial charge in [-0.1, -0.05) is 12.1 Å². The second-order valence-electron chi connectivity index (χ2n) is 4.23. The molecule has 2 N–H and O–H groups in total. The summed E-state index contributed by atoms with van der Waals surface area (Å²) in [7, 11) is 0. The van der Waals surface area contributed by atoms with Gasteiger partial charge in [-0.2, -0.15) is 0 Å². The summed E-state index contributed by atoms with van der Waals surface area (Å²) < 4.78 is 12.9. The largest absolute Gasteiger partial charge is 0.480 e. The number of hydrogen-bond donors (Lipinski definition) is 2. The first-order valence-electron chi connectivity index (χ1n) is 5.36. The molecule has 0 saturated carbocycles. The summed E-state index contributed by atoms with van der Waals surface area (Å²) in [5, 5.41) is 11.8. The molecule has 3 nitrogen and oxygen atoms in total.